The van der Waals surface area contributed by atoms with Crippen LogP contribution in [0.2, 0.25) is 0 Å². The molecule has 0 saturated carbocycles. The number of aliphatic hydroxyl groups excluding tert-OH is 1. The first-order valence-corrected chi connectivity index (χ1v) is 6.47. The highest BCUT2D eigenvalue weighted by Gasteiger charge is 2.17. The highest BCUT2D eigenvalue weighted by Crippen LogP contribution is 2.24. The second-order valence-corrected chi connectivity index (χ2v) is 4.99. The lowest BCUT2D eigenvalue weighted by atomic mass is 9.98. The first-order chi connectivity index (χ1) is 9.47. The fourth-order valence-electron chi connectivity index (χ4n) is 2.39. The van der Waals surface area contributed by atoms with Crippen molar-refractivity contribution in [3.8, 4) is 0 Å². The first kappa shape index (κ1) is 14.3. The van der Waals surface area contributed by atoms with Crippen LogP contribution in [0.15, 0.2) is 29.2 Å². The van der Waals surface area contributed by atoms with Crippen LogP contribution in [0.5, 0.6) is 0 Å². The highest BCUT2D eigenvalue weighted by molar-refractivity contribution is 5.93. The van der Waals surface area contributed by atoms with E-state index >= 15 is 0 Å². The third-order valence-electron chi connectivity index (χ3n) is 3.32. The van der Waals surface area contributed by atoms with Gasteiger partial charge in [-0.15, -0.1) is 0 Å². The average molecular weight is 275 g/mol. The molecule has 2 rings (SSSR count). The van der Waals surface area contributed by atoms with Crippen LogP contribution in [-0.4, -0.2) is 27.4 Å². The largest absolute Gasteiger partial charge is 0.477 e. The number of carbonyl (C=O) groups is 1. The van der Waals surface area contributed by atoms with Crippen LogP contribution in [0.1, 0.15) is 35.7 Å². The summed E-state index contributed by atoms with van der Waals surface area (Å²) < 4.78 is 1.65. The van der Waals surface area contributed by atoms with Gasteiger partial charge in [-0.25, -0.2) is 4.79 Å². The predicted molar refractivity (Wildman–Crippen MR) is 76.3 cm³/mol. The molecule has 20 heavy (non-hydrogen) atoms. The summed E-state index contributed by atoms with van der Waals surface area (Å²) in [5.74, 6) is -1.06. The topological polar surface area (TPSA) is 79.5 Å². The van der Waals surface area contributed by atoms with Crippen LogP contribution in [0.25, 0.3) is 10.9 Å². The summed E-state index contributed by atoms with van der Waals surface area (Å²) in [5.41, 5.74) is 0.910. The Labute approximate surface area is 116 Å². The number of aromatic nitrogens is 1. The van der Waals surface area contributed by atoms with Gasteiger partial charge in [-0.2, -0.15) is 0 Å². The molecule has 1 heterocycles. The van der Waals surface area contributed by atoms with Gasteiger partial charge in [0.25, 0.3) is 0 Å². The van der Waals surface area contributed by atoms with Crippen LogP contribution in [0.4, 0.5) is 0 Å². The summed E-state index contributed by atoms with van der Waals surface area (Å²) in [6.07, 6.45) is 1.31. The molecule has 0 fully saturated rings. The monoisotopic (exact) mass is 275 g/mol. The SMILES string of the molecule is CC(C)c1cccc2c(=O)c(C(=O)O)cn(CCO)c12. The van der Waals surface area contributed by atoms with Crippen molar-refractivity contribution in [3.05, 3.63) is 45.7 Å². The molecule has 0 radical (unpaired) electrons. The van der Waals surface area contributed by atoms with Crippen LogP contribution < -0.4 is 5.43 Å². The van der Waals surface area contributed by atoms with Gasteiger partial charge in [0.15, 0.2) is 0 Å². The molecule has 2 N–H and O–H groups in total. The van der Waals surface area contributed by atoms with Crippen LogP contribution in [0.3, 0.4) is 0 Å². The van der Waals surface area contributed by atoms with E-state index < -0.39 is 11.4 Å². The molecule has 106 valence electrons. The molecule has 1 aromatic carbocycles. The van der Waals surface area contributed by atoms with Crippen LogP contribution in [-0.2, 0) is 6.54 Å². The minimum atomic E-state index is -1.25. The quantitative estimate of drug-likeness (QED) is 0.892. The second-order valence-electron chi connectivity index (χ2n) is 4.99. The Morgan fingerprint density at radius 3 is 2.60 bits per heavy atom. The number of benzene rings is 1. The zero-order valence-electron chi connectivity index (χ0n) is 11.5. The van der Waals surface area contributed by atoms with E-state index in [0.717, 1.165) is 5.56 Å². The van der Waals surface area contributed by atoms with E-state index in [0.29, 0.717) is 10.9 Å². The molecule has 0 aliphatic rings. The number of aliphatic hydroxyl groups is 1. The lowest BCUT2D eigenvalue weighted by molar-refractivity contribution is 0.0694. The number of para-hydroxylation sites is 1. The van der Waals surface area contributed by atoms with Crippen molar-refractivity contribution in [2.75, 3.05) is 6.61 Å². The maximum atomic E-state index is 12.2. The van der Waals surface area contributed by atoms with Gasteiger partial charge >= 0.3 is 5.97 Å². The summed E-state index contributed by atoms with van der Waals surface area (Å²) in [5, 5.41) is 18.7. The maximum Gasteiger partial charge on any atom is 0.341 e. The molecular weight excluding hydrogens is 258 g/mol. The lowest BCUT2D eigenvalue weighted by Crippen LogP contribution is -2.20. The number of nitrogens with zero attached hydrogens (tertiary/aromatic N) is 1. The van der Waals surface area contributed by atoms with Crippen molar-refractivity contribution in [1.82, 2.24) is 4.57 Å². The summed E-state index contributed by atoms with van der Waals surface area (Å²) in [6.45, 7) is 4.14. The van der Waals surface area contributed by atoms with E-state index in [-0.39, 0.29) is 24.6 Å². The molecule has 0 aliphatic carbocycles. The van der Waals surface area contributed by atoms with E-state index in [1.165, 1.54) is 6.20 Å². The lowest BCUT2D eigenvalue weighted by Gasteiger charge is -2.16. The Kier molecular flexibility index (Phi) is 3.90. The van der Waals surface area contributed by atoms with Gasteiger partial charge in [0, 0.05) is 18.1 Å². The molecule has 0 saturated heterocycles. The Balaban J connectivity index is 2.94. The number of carboxylic acid groups (broad SMARTS) is 1. The van der Waals surface area contributed by atoms with Crippen LogP contribution in [0, 0.1) is 0 Å². The number of fused-ring (bicyclic) bond motifs is 1. The van der Waals surface area contributed by atoms with E-state index in [4.69, 9.17) is 10.2 Å². The molecule has 2 aromatic rings. The van der Waals surface area contributed by atoms with Gasteiger partial charge in [-0.3, -0.25) is 4.79 Å². The number of rotatable bonds is 4. The van der Waals surface area contributed by atoms with E-state index in [1.807, 2.05) is 19.9 Å². The Bertz CT molecular complexity index is 716. The van der Waals surface area contributed by atoms with Crippen molar-refractivity contribution in [3.63, 3.8) is 0 Å². The van der Waals surface area contributed by atoms with Gasteiger partial charge in [0.1, 0.15) is 5.56 Å². The summed E-state index contributed by atoms with van der Waals surface area (Å²) in [6, 6.07) is 5.30. The number of aromatic carboxylic acids is 1. The van der Waals surface area contributed by atoms with Crippen LogP contribution >= 0.6 is 0 Å². The van der Waals surface area contributed by atoms with Crippen molar-refractivity contribution in [2.24, 2.45) is 0 Å². The van der Waals surface area contributed by atoms with Crippen molar-refractivity contribution in [2.45, 2.75) is 26.3 Å². The number of hydrogen-bond donors (Lipinski definition) is 2. The molecule has 5 heteroatoms. The maximum absolute atomic E-state index is 12.2. The fraction of sp³-hybridized carbons (Fsp3) is 0.333. The number of hydrogen-bond acceptors (Lipinski definition) is 3. The molecule has 0 bridgehead atoms. The Hall–Kier alpha value is -2.14. The molecular formula is C15H17NO4. The molecule has 0 aliphatic heterocycles. The van der Waals surface area contributed by atoms with Crippen molar-refractivity contribution >= 4 is 16.9 Å². The minimum Gasteiger partial charge on any atom is -0.477 e. The molecule has 0 unspecified atom stereocenters. The first-order valence-electron chi connectivity index (χ1n) is 6.47. The average Bonchev–Trinajstić information content (AvgIpc) is 2.41. The third kappa shape index (κ3) is 2.32. The van der Waals surface area contributed by atoms with E-state index in [2.05, 4.69) is 0 Å². The standard InChI is InChI=1S/C15H17NO4/c1-9(2)10-4-3-5-11-13(10)16(6-7-17)8-12(14(11)18)15(19)20/h3-5,8-9,17H,6-7H2,1-2H3,(H,19,20). The van der Waals surface area contributed by atoms with Crippen molar-refractivity contribution < 1.29 is 15.0 Å². The minimum absolute atomic E-state index is 0.122. The predicted octanol–water partition coefficient (Wildman–Crippen LogP) is 1.82. The fourth-order valence-corrected chi connectivity index (χ4v) is 2.39. The molecule has 0 amide bonds. The Morgan fingerprint density at radius 1 is 1.35 bits per heavy atom. The molecule has 1 aromatic heterocycles. The van der Waals surface area contributed by atoms with Gasteiger partial charge in [0.2, 0.25) is 5.43 Å². The normalized spacial score (nSPS) is 11.2. The molecule has 5 nitrogen and oxygen atoms in total. The smallest absolute Gasteiger partial charge is 0.341 e. The molecule has 0 spiro atoms. The zero-order valence-corrected chi connectivity index (χ0v) is 11.5. The van der Waals surface area contributed by atoms with Gasteiger partial charge in [-0.1, -0.05) is 26.0 Å². The Morgan fingerprint density at radius 2 is 2.05 bits per heavy atom. The van der Waals surface area contributed by atoms with Crippen molar-refractivity contribution in [1.29, 1.82) is 0 Å². The third-order valence-corrected chi connectivity index (χ3v) is 3.32. The van der Waals surface area contributed by atoms with Gasteiger partial charge in [0.05, 0.1) is 12.1 Å². The van der Waals surface area contributed by atoms with E-state index in [9.17, 15) is 9.59 Å². The zero-order chi connectivity index (χ0) is 14.9. The molecule has 0 atom stereocenters. The summed E-state index contributed by atoms with van der Waals surface area (Å²) in [7, 11) is 0. The highest BCUT2D eigenvalue weighted by atomic mass is 16.4. The number of carboxylic acids is 1. The van der Waals surface area contributed by atoms with Gasteiger partial charge in [-0.05, 0) is 17.5 Å². The summed E-state index contributed by atoms with van der Waals surface area (Å²) in [4.78, 5) is 23.4. The van der Waals surface area contributed by atoms with Gasteiger partial charge < -0.3 is 14.8 Å². The van der Waals surface area contributed by atoms with E-state index in [1.54, 1.807) is 16.7 Å². The number of pyridine rings is 1. The second kappa shape index (κ2) is 5.46. The summed E-state index contributed by atoms with van der Waals surface area (Å²) >= 11 is 0.